The quantitative estimate of drug-likeness (QED) is 0.152. The molecule has 1 aromatic carbocycles. The average Bonchev–Trinajstić information content (AvgIpc) is 2.79. The van der Waals surface area contributed by atoms with Crippen LogP contribution in [0.3, 0.4) is 0 Å². The number of unbranched alkanes of at least 4 members (excludes halogenated alkanes) is 6. The van der Waals surface area contributed by atoms with Crippen molar-refractivity contribution in [1.29, 1.82) is 0 Å². The first kappa shape index (κ1) is 30.6. The number of esters is 3. The van der Waals surface area contributed by atoms with Gasteiger partial charge in [0, 0.05) is 37.0 Å². The lowest BCUT2D eigenvalue weighted by Gasteiger charge is -2.14. The van der Waals surface area contributed by atoms with E-state index in [0.717, 1.165) is 57.8 Å². The minimum Gasteiger partial charge on any atom is -0.426 e. The Morgan fingerprint density at radius 3 is 1.27 bits per heavy atom. The average molecular weight is 465 g/mol. The molecule has 0 aliphatic heterocycles. The Morgan fingerprint density at radius 2 is 0.939 bits per heavy atom. The molecule has 0 bridgehead atoms. The van der Waals surface area contributed by atoms with Crippen LogP contribution in [0.4, 0.5) is 0 Å². The highest BCUT2D eigenvalue weighted by atomic mass is 16.6. The summed E-state index contributed by atoms with van der Waals surface area (Å²) in [6, 6.07) is 3.03. The Bertz CT molecular complexity index is 666. The zero-order valence-corrected chi connectivity index (χ0v) is 21.6. The van der Waals surface area contributed by atoms with E-state index < -0.39 is 0 Å². The van der Waals surface area contributed by atoms with Crippen LogP contribution in [0.5, 0.6) is 17.2 Å². The van der Waals surface area contributed by atoms with Gasteiger partial charge in [-0.3, -0.25) is 14.4 Å². The van der Waals surface area contributed by atoms with Gasteiger partial charge >= 0.3 is 17.9 Å². The van der Waals surface area contributed by atoms with Crippen molar-refractivity contribution in [2.24, 2.45) is 0 Å². The summed E-state index contributed by atoms with van der Waals surface area (Å²) in [4.78, 5) is 36.6. The molecule has 1 aromatic rings. The number of benzene rings is 1. The summed E-state index contributed by atoms with van der Waals surface area (Å²) in [5.74, 6) is -0.377. The molecule has 0 amide bonds. The van der Waals surface area contributed by atoms with Crippen LogP contribution in [0.25, 0.3) is 0 Å². The number of carbonyl (C=O) groups excluding carboxylic acids is 3. The summed E-state index contributed by atoms with van der Waals surface area (Å²) in [7, 11) is 0. The SMILES string of the molecule is CC.CCCCCC(=O)Oc1cc(OC(=O)CCCCC)c(C)c(OC(=O)CCCCC)c1. The zero-order valence-electron chi connectivity index (χ0n) is 21.6. The fourth-order valence-electron chi connectivity index (χ4n) is 3.00. The lowest BCUT2D eigenvalue weighted by molar-refractivity contribution is -0.135. The summed E-state index contributed by atoms with van der Waals surface area (Å²) in [6.07, 6.45) is 9.04. The molecule has 0 N–H and O–H groups in total. The van der Waals surface area contributed by atoms with Gasteiger partial charge in [0.1, 0.15) is 17.2 Å². The monoisotopic (exact) mass is 464 g/mol. The Balaban J connectivity index is 0.00000497. The van der Waals surface area contributed by atoms with E-state index in [-0.39, 0.29) is 35.2 Å². The number of rotatable bonds is 15. The van der Waals surface area contributed by atoms with Gasteiger partial charge in [0.2, 0.25) is 0 Å². The van der Waals surface area contributed by atoms with Gasteiger partial charge < -0.3 is 14.2 Å². The summed E-state index contributed by atoms with van der Waals surface area (Å²) in [6.45, 7) is 11.9. The van der Waals surface area contributed by atoms with Crippen molar-refractivity contribution in [1.82, 2.24) is 0 Å². The topological polar surface area (TPSA) is 78.9 Å². The van der Waals surface area contributed by atoms with Crippen molar-refractivity contribution in [3.8, 4) is 17.2 Å². The van der Waals surface area contributed by atoms with Gasteiger partial charge in [0.05, 0.1) is 0 Å². The third-order valence-electron chi connectivity index (χ3n) is 4.92. The molecule has 0 aliphatic rings. The maximum Gasteiger partial charge on any atom is 0.311 e. The number of hydrogen-bond acceptors (Lipinski definition) is 6. The molecule has 0 fully saturated rings. The fourth-order valence-corrected chi connectivity index (χ4v) is 3.00. The first-order valence-corrected chi connectivity index (χ1v) is 12.7. The zero-order chi connectivity index (χ0) is 25.1. The lowest BCUT2D eigenvalue weighted by Crippen LogP contribution is -2.13. The van der Waals surface area contributed by atoms with Crippen LogP contribution < -0.4 is 14.2 Å². The van der Waals surface area contributed by atoms with Gasteiger partial charge in [-0.1, -0.05) is 73.1 Å². The molecule has 0 atom stereocenters. The van der Waals surface area contributed by atoms with Crippen molar-refractivity contribution >= 4 is 17.9 Å². The van der Waals surface area contributed by atoms with Crippen LogP contribution in [-0.2, 0) is 14.4 Å². The second kappa shape index (κ2) is 19.1. The molecule has 6 nitrogen and oxygen atoms in total. The van der Waals surface area contributed by atoms with Crippen LogP contribution in [0.2, 0.25) is 0 Å². The second-order valence-corrected chi connectivity index (χ2v) is 7.84. The molecular weight excluding hydrogens is 420 g/mol. The minimum absolute atomic E-state index is 0.208. The van der Waals surface area contributed by atoms with Crippen LogP contribution in [0.15, 0.2) is 12.1 Å². The first-order chi connectivity index (χ1) is 15.9. The number of carbonyl (C=O) groups is 3. The third-order valence-corrected chi connectivity index (χ3v) is 4.92. The van der Waals surface area contributed by atoms with Gasteiger partial charge in [-0.2, -0.15) is 0 Å². The smallest absolute Gasteiger partial charge is 0.311 e. The van der Waals surface area contributed by atoms with E-state index in [0.29, 0.717) is 24.8 Å². The van der Waals surface area contributed by atoms with E-state index in [1.54, 1.807) is 6.92 Å². The van der Waals surface area contributed by atoms with E-state index >= 15 is 0 Å². The lowest BCUT2D eigenvalue weighted by atomic mass is 10.1. The van der Waals surface area contributed by atoms with Crippen molar-refractivity contribution < 1.29 is 28.6 Å². The molecule has 0 aliphatic carbocycles. The molecule has 6 heteroatoms. The normalized spacial score (nSPS) is 10.1. The molecule has 0 radical (unpaired) electrons. The third kappa shape index (κ3) is 13.7. The van der Waals surface area contributed by atoms with Crippen LogP contribution in [0.1, 0.15) is 117 Å². The molecule has 0 aromatic heterocycles. The largest absolute Gasteiger partial charge is 0.426 e. The molecule has 0 saturated carbocycles. The molecule has 0 spiro atoms. The summed E-state index contributed by atoms with van der Waals surface area (Å²) in [5.41, 5.74) is 0.526. The van der Waals surface area contributed by atoms with Crippen LogP contribution in [-0.4, -0.2) is 17.9 Å². The van der Waals surface area contributed by atoms with E-state index in [4.69, 9.17) is 14.2 Å². The van der Waals surface area contributed by atoms with Crippen molar-refractivity contribution in [3.05, 3.63) is 17.7 Å². The summed E-state index contributed by atoms with van der Waals surface area (Å²) in [5, 5.41) is 0. The highest BCUT2D eigenvalue weighted by Crippen LogP contribution is 2.34. The summed E-state index contributed by atoms with van der Waals surface area (Å²) < 4.78 is 16.5. The Morgan fingerprint density at radius 1 is 0.606 bits per heavy atom. The Labute approximate surface area is 200 Å². The Kier molecular flexibility index (Phi) is 17.8. The van der Waals surface area contributed by atoms with E-state index in [1.165, 1.54) is 12.1 Å². The van der Waals surface area contributed by atoms with E-state index in [2.05, 4.69) is 20.8 Å². The van der Waals surface area contributed by atoms with Gasteiger partial charge in [0.15, 0.2) is 0 Å². The Hall–Kier alpha value is -2.37. The molecular formula is C27H44O6. The molecule has 1 rings (SSSR count). The summed E-state index contributed by atoms with van der Waals surface area (Å²) >= 11 is 0. The predicted octanol–water partition coefficient (Wildman–Crippen LogP) is 7.48. The maximum atomic E-state index is 12.2. The van der Waals surface area contributed by atoms with Gasteiger partial charge in [-0.15, -0.1) is 0 Å². The number of hydrogen-bond donors (Lipinski definition) is 0. The molecule has 188 valence electrons. The van der Waals surface area contributed by atoms with Crippen molar-refractivity contribution in [2.45, 2.75) is 119 Å². The minimum atomic E-state index is -0.363. The highest BCUT2D eigenvalue weighted by Gasteiger charge is 2.18. The van der Waals surface area contributed by atoms with Gasteiger partial charge in [-0.05, 0) is 26.2 Å². The van der Waals surface area contributed by atoms with E-state index in [9.17, 15) is 14.4 Å². The maximum absolute atomic E-state index is 12.2. The first-order valence-electron chi connectivity index (χ1n) is 12.7. The van der Waals surface area contributed by atoms with E-state index in [1.807, 2.05) is 13.8 Å². The molecule has 0 heterocycles. The highest BCUT2D eigenvalue weighted by molar-refractivity contribution is 5.77. The van der Waals surface area contributed by atoms with Gasteiger partial charge in [-0.25, -0.2) is 0 Å². The van der Waals surface area contributed by atoms with Crippen LogP contribution in [0, 0.1) is 6.92 Å². The predicted molar refractivity (Wildman–Crippen MR) is 132 cm³/mol. The van der Waals surface area contributed by atoms with Crippen molar-refractivity contribution in [3.63, 3.8) is 0 Å². The molecule has 0 unspecified atom stereocenters. The molecule has 0 saturated heterocycles. The molecule has 33 heavy (non-hydrogen) atoms. The number of ether oxygens (including phenoxy) is 3. The fraction of sp³-hybridized carbons (Fsp3) is 0.667. The van der Waals surface area contributed by atoms with Crippen molar-refractivity contribution in [2.75, 3.05) is 0 Å². The van der Waals surface area contributed by atoms with Crippen LogP contribution >= 0.6 is 0 Å². The van der Waals surface area contributed by atoms with Gasteiger partial charge in [0.25, 0.3) is 0 Å². The second-order valence-electron chi connectivity index (χ2n) is 7.84. The standard InChI is InChI=1S/C25H38O6.C2H6/c1-5-8-11-14-23(26)29-20-17-21(30-24(27)15-12-9-6-2)19(4)22(18-20)31-25(28)16-13-10-7-3;1-2/h17-18H,5-16H2,1-4H3;1-2H3.